The maximum absolute atomic E-state index is 13.4. The van der Waals surface area contributed by atoms with Crippen LogP contribution >= 0.6 is 11.3 Å². The Morgan fingerprint density at radius 1 is 1.41 bits per heavy atom. The molecule has 2 aromatic rings. The van der Waals surface area contributed by atoms with Gasteiger partial charge in [-0.3, -0.25) is 4.72 Å². The van der Waals surface area contributed by atoms with Gasteiger partial charge in [0.2, 0.25) is 5.13 Å². The molecule has 5 nitrogen and oxygen atoms in total. The van der Waals surface area contributed by atoms with E-state index in [4.69, 9.17) is 0 Å². The minimum absolute atomic E-state index is 0.103. The van der Waals surface area contributed by atoms with E-state index in [1.165, 1.54) is 17.6 Å². The molecule has 0 radical (unpaired) electrons. The molecule has 8 heteroatoms. The molecule has 0 atom stereocenters. The highest BCUT2D eigenvalue weighted by Gasteiger charge is 2.20. The Bertz CT molecular complexity index is 626. The SMILES string of the molecule is Cc1ccc(F)c(S(=O)(=O)Nc2nncs2)c1. The minimum Gasteiger partial charge on any atom is -0.253 e. The molecule has 0 aliphatic heterocycles. The predicted octanol–water partition coefficient (Wildman–Crippen LogP) is 1.79. The van der Waals surface area contributed by atoms with E-state index in [-0.39, 0.29) is 5.13 Å². The molecule has 0 spiro atoms. The van der Waals surface area contributed by atoms with Crippen molar-refractivity contribution in [2.24, 2.45) is 0 Å². The van der Waals surface area contributed by atoms with Crippen LogP contribution in [0.5, 0.6) is 0 Å². The van der Waals surface area contributed by atoms with Crippen LogP contribution in [0.2, 0.25) is 0 Å². The highest BCUT2D eigenvalue weighted by atomic mass is 32.2. The monoisotopic (exact) mass is 273 g/mol. The second-order valence-corrected chi connectivity index (χ2v) is 5.77. The Balaban J connectivity index is 2.41. The zero-order valence-corrected chi connectivity index (χ0v) is 10.3. The Labute approximate surface area is 101 Å². The number of hydrogen-bond acceptors (Lipinski definition) is 5. The molecule has 0 unspecified atom stereocenters. The number of anilines is 1. The number of nitrogens with zero attached hydrogens (tertiary/aromatic N) is 2. The molecule has 0 fully saturated rings. The molecule has 90 valence electrons. The maximum atomic E-state index is 13.4. The van der Waals surface area contributed by atoms with Crippen LogP contribution in [0, 0.1) is 12.7 Å². The summed E-state index contributed by atoms with van der Waals surface area (Å²) in [5, 5.41) is 7.13. The number of benzene rings is 1. The van der Waals surface area contributed by atoms with Crippen LogP contribution in [0.4, 0.5) is 9.52 Å². The van der Waals surface area contributed by atoms with Crippen molar-refractivity contribution >= 4 is 26.5 Å². The largest absolute Gasteiger partial charge is 0.266 e. The van der Waals surface area contributed by atoms with Gasteiger partial charge >= 0.3 is 0 Å². The molecular weight excluding hydrogens is 265 g/mol. The fourth-order valence-corrected chi connectivity index (χ4v) is 3.06. The molecule has 0 aliphatic rings. The lowest BCUT2D eigenvalue weighted by Gasteiger charge is -2.06. The quantitative estimate of drug-likeness (QED) is 0.925. The van der Waals surface area contributed by atoms with Gasteiger partial charge in [-0.25, -0.2) is 12.8 Å². The van der Waals surface area contributed by atoms with E-state index in [1.807, 2.05) is 0 Å². The van der Waals surface area contributed by atoms with E-state index in [0.29, 0.717) is 5.56 Å². The average Bonchev–Trinajstić information content (AvgIpc) is 2.73. The van der Waals surface area contributed by atoms with Crippen LogP contribution in [0.15, 0.2) is 28.6 Å². The lowest BCUT2D eigenvalue weighted by Crippen LogP contribution is -2.14. The van der Waals surface area contributed by atoms with Gasteiger partial charge in [-0.1, -0.05) is 17.4 Å². The predicted molar refractivity (Wildman–Crippen MR) is 61.9 cm³/mol. The molecular formula is C9H8FN3O2S2. The summed E-state index contributed by atoms with van der Waals surface area (Å²) >= 11 is 1.02. The van der Waals surface area contributed by atoms with E-state index in [2.05, 4.69) is 14.9 Å². The summed E-state index contributed by atoms with van der Waals surface area (Å²) in [6.45, 7) is 1.68. The van der Waals surface area contributed by atoms with Crippen molar-refractivity contribution < 1.29 is 12.8 Å². The molecule has 0 aliphatic carbocycles. The maximum Gasteiger partial charge on any atom is 0.266 e. The fourth-order valence-electron chi connectivity index (χ4n) is 1.20. The summed E-state index contributed by atoms with van der Waals surface area (Å²) in [6.07, 6.45) is 0. The smallest absolute Gasteiger partial charge is 0.253 e. The van der Waals surface area contributed by atoms with Crippen LogP contribution in [-0.2, 0) is 10.0 Å². The summed E-state index contributed by atoms with van der Waals surface area (Å²) < 4.78 is 39.3. The van der Waals surface area contributed by atoms with E-state index in [1.54, 1.807) is 6.92 Å². The van der Waals surface area contributed by atoms with Gasteiger partial charge in [0.05, 0.1) is 0 Å². The highest BCUT2D eigenvalue weighted by Crippen LogP contribution is 2.20. The molecule has 1 heterocycles. The Hall–Kier alpha value is -1.54. The van der Waals surface area contributed by atoms with Crippen molar-refractivity contribution in [1.82, 2.24) is 10.2 Å². The number of hydrogen-bond donors (Lipinski definition) is 1. The van der Waals surface area contributed by atoms with Gasteiger partial charge in [0.25, 0.3) is 10.0 Å². The number of aromatic nitrogens is 2. The average molecular weight is 273 g/mol. The number of sulfonamides is 1. The number of aryl methyl sites for hydroxylation is 1. The standard InChI is InChI=1S/C9H8FN3O2S2/c1-6-2-3-7(10)8(4-6)17(14,15)13-9-12-11-5-16-9/h2-5H,1H3,(H,12,13). The number of halogens is 1. The van der Waals surface area contributed by atoms with Crippen molar-refractivity contribution in [3.8, 4) is 0 Å². The summed E-state index contributed by atoms with van der Waals surface area (Å²) in [4.78, 5) is -0.396. The van der Waals surface area contributed by atoms with Crippen molar-refractivity contribution in [2.75, 3.05) is 4.72 Å². The first-order valence-electron chi connectivity index (χ1n) is 4.54. The van der Waals surface area contributed by atoms with Crippen LogP contribution < -0.4 is 4.72 Å². The molecule has 2 rings (SSSR count). The van der Waals surface area contributed by atoms with Gasteiger partial charge in [0.1, 0.15) is 16.2 Å². The van der Waals surface area contributed by atoms with Crippen LogP contribution in [0.25, 0.3) is 0 Å². The number of rotatable bonds is 3. The van der Waals surface area contributed by atoms with Crippen LogP contribution in [0.3, 0.4) is 0 Å². The Kier molecular flexibility index (Phi) is 3.07. The van der Waals surface area contributed by atoms with Gasteiger partial charge in [-0.2, -0.15) is 0 Å². The fraction of sp³-hybridized carbons (Fsp3) is 0.111. The van der Waals surface area contributed by atoms with Gasteiger partial charge < -0.3 is 0 Å². The molecule has 0 saturated carbocycles. The molecule has 0 amide bonds. The van der Waals surface area contributed by atoms with Crippen LogP contribution in [-0.4, -0.2) is 18.6 Å². The van der Waals surface area contributed by atoms with E-state index in [0.717, 1.165) is 17.4 Å². The Morgan fingerprint density at radius 2 is 2.18 bits per heavy atom. The number of nitrogens with one attached hydrogen (secondary N) is 1. The molecule has 1 N–H and O–H groups in total. The minimum atomic E-state index is -3.95. The summed E-state index contributed by atoms with van der Waals surface area (Å²) in [7, 11) is -3.95. The first-order valence-corrected chi connectivity index (χ1v) is 6.90. The third kappa shape index (κ3) is 2.59. The van der Waals surface area contributed by atoms with Gasteiger partial charge in [0.15, 0.2) is 0 Å². The third-order valence-corrected chi connectivity index (χ3v) is 4.05. The van der Waals surface area contributed by atoms with Crippen molar-refractivity contribution in [3.63, 3.8) is 0 Å². The first kappa shape index (κ1) is 11.9. The lowest BCUT2D eigenvalue weighted by atomic mass is 10.2. The highest BCUT2D eigenvalue weighted by molar-refractivity contribution is 7.93. The third-order valence-electron chi connectivity index (χ3n) is 1.96. The van der Waals surface area contributed by atoms with Crippen molar-refractivity contribution in [1.29, 1.82) is 0 Å². The second-order valence-electron chi connectivity index (χ2n) is 3.28. The lowest BCUT2D eigenvalue weighted by molar-refractivity contribution is 0.570. The molecule has 1 aromatic heterocycles. The summed E-state index contributed by atoms with van der Waals surface area (Å²) in [5.41, 5.74) is 2.04. The van der Waals surface area contributed by atoms with E-state index >= 15 is 0 Å². The summed E-state index contributed by atoms with van der Waals surface area (Å²) in [5.74, 6) is -0.799. The van der Waals surface area contributed by atoms with E-state index < -0.39 is 20.7 Å². The van der Waals surface area contributed by atoms with Gasteiger partial charge in [-0.15, -0.1) is 10.2 Å². The second kappa shape index (κ2) is 4.38. The molecule has 1 aromatic carbocycles. The van der Waals surface area contributed by atoms with Gasteiger partial charge in [0, 0.05) is 0 Å². The first-order chi connectivity index (χ1) is 7.99. The normalized spacial score (nSPS) is 11.4. The summed E-state index contributed by atoms with van der Waals surface area (Å²) in [6, 6.07) is 3.88. The Morgan fingerprint density at radius 3 is 2.82 bits per heavy atom. The molecule has 17 heavy (non-hydrogen) atoms. The zero-order chi connectivity index (χ0) is 12.5. The van der Waals surface area contributed by atoms with Crippen LogP contribution in [0.1, 0.15) is 5.56 Å². The van der Waals surface area contributed by atoms with Crippen molar-refractivity contribution in [2.45, 2.75) is 11.8 Å². The van der Waals surface area contributed by atoms with Gasteiger partial charge in [-0.05, 0) is 24.6 Å². The van der Waals surface area contributed by atoms with Crippen molar-refractivity contribution in [3.05, 3.63) is 35.1 Å². The zero-order valence-electron chi connectivity index (χ0n) is 8.71. The topological polar surface area (TPSA) is 72.0 Å². The molecule has 0 bridgehead atoms. The van der Waals surface area contributed by atoms with E-state index in [9.17, 15) is 12.8 Å². The molecule has 0 saturated heterocycles.